The normalized spacial score (nSPS) is 16.8. The minimum atomic E-state index is -0.0801. The highest BCUT2D eigenvalue weighted by Crippen LogP contribution is 2.43. The maximum atomic E-state index is 13.1. The summed E-state index contributed by atoms with van der Waals surface area (Å²) in [6.07, 6.45) is 6.08. The van der Waals surface area contributed by atoms with Crippen molar-refractivity contribution < 1.29 is 14.3 Å². The largest absolute Gasteiger partial charge is 0.486 e. The van der Waals surface area contributed by atoms with Gasteiger partial charge in [-0.1, -0.05) is 37.1 Å². The van der Waals surface area contributed by atoms with Gasteiger partial charge in [0.15, 0.2) is 11.5 Å². The fourth-order valence-corrected chi connectivity index (χ4v) is 4.80. The van der Waals surface area contributed by atoms with Crippen molar-refractivity contribution >= 4 is 5.91 Å². The van der Waals surface area contributed by atoms with E-state index in [0.717, 1.165) is 48.6 Å². The van der Waals surface area contributed by atoms with Crippen LogP contribution in [-0.4, -0.2) is 35.4 Å². The van der Waals surface area contributed by atoms with Gasteiger partial charge in [-0.2, -0.15) is 5.10 Å². The highest BCUT2D eigenvalue weighted by atomic mass is 16.6. The van der Waals surface area contributed by atoms with Gasteiger partial charge < -0.3 is 14.8 Å². The summed E-state index contributed by atoms with van der Waals surface area (Å²) in [7, 11) is 0. The quantitative estimate of drug-likeness (QED) is 0.676. The van der Waals surface area contributed by atoms with Gasteiger partial charge >= 0.3 is 0 Å². The Kier molecular flexibility index (Phi) is 5.14. The van der Waals surface area contributed by atoms with E-state index in [2.05, 4.69) is 22.5 Å². The topological polar surface area (TPSA) is 65.4 Å². The molecule has 1 aliphatic carbocycles. The molecule has 2 heterocycles. The second kappa shape index (κ2) is 8.10. The second-order valence-electron chi connectivity index (χ2n) is 8.42. The molecule has 6 heteroatoms. The van der Waals surface area contributed by atoms with Crippen molar-refractivity contribution in [1.82, 2.24) is 15.1 Å². The number of ether oxygens (including phenoxy) is 2. The number of rotatable bonds is 5. The van der Waals surface area contributed by atoms with Crippen molar-refractivity contribution in [3.05, 3.63) is 71.5 Å². The SMILES string of the molecule is Cc1c(C(=O)NCC2(c3ccc4c(c3)OCCO4)CCCC2)cnn1-c1ccccc1. The number of hydrogen-bond donors (Lipinski definition) is 1. The number of carbonyl (C=O) groups is 1. The Balaban J connectivity index is 1.35. The van der Waals surface area contributed by atoms with Crippen LogP contribution in [0.3, 0.4) is 0 Å². The van der Waals surface area contributed by atoms with Gasteiger partial charge in [0.1, 0.15) is 13.2 Å². The van der Waals surface area contributed by atoms with Crippen LogP contribution in [0.1, 0.15) is 47.3 Å². The van der Waals surface area contributed by atoms with Gasteiger partial charge in [0.05, 0.1) is 23.1 Å². The molecule has 1 aliphatic heterocycles. The number of nitrogens with one attached hydrogen (secondary N) is 1. The third-order valence-corrected chi connectivity index (χ3v) is 6.56. The number of aromatic nitrogens is 2. The first-order valence-corrected chi connectivity index (χ1v) is 10.9. The molecule has 2 aromatic carbocycles. The summed E-state index contributed by atoms with van der Waals surface area (Å²) in [6, 6.07) is 16.1. The summed E-state index contributed by atoms with van der Waals surface area (Å²) in [4.78, 5) is 13.1. The molecule has 3 aromatic rings. The van der Waals surface area contributed by atoms with Crippen molar-refractivity contribution in [1.29, 1.82) is 0 Å². The van der Waals surface area contributed by atoms with Gasteiger partial charge in [-0.05, 0) is 49.6 Å². The maximum Gasteiger partial charge on any atom is 0.254 e. The fraction of sp³-hybridized carbons (Fsp3) is 0.360. The van der Waals surface area contributed by atoms with Gasteiger partial charge in [-0.3, -0.25) is 4.79 Å². The van der Waals surface area contributed by atoms with Crippen LogP contribution in [0, 0.1) is 6.92 Å². The highest BCUT2D eigenvalue weighted by Gasteiger charge is 2.37. The third kappa shape index (κ3) is 3.67. The van der Waals surface area contributed by atoms with Gasteiger partial charge in [0.25, 0.3) is 5.91 Å². The van der Waals surface area contributed by atoms with Crippen LogP contribution >= 0.6 is 0 Å². The Labute approximate surface area is 182 Å². The molecule has 0 unspecified atom stereocenters. The number of para-hydroxylation sites is 1. The first-order chi connectivity index (χ1) is 15.2. The van der Waals surface area contributed by atoms with E-state index in [-0.39, 0.29) is 11.3 Å². The molecule has 1 aromatic heterocycles. The first-order valence-electron chi connectivity index (χ1n) is 10.9. The monoisotopic (exact) mass is 417 g/mol. The van der Waals surface area contributed by atoms with Crippen LogP contribution in [0.4, 0.5) is 0 Å². The van der Waals surface area contributed by atoms with Crippen molar-refractivity contribution in [2.45, 2.75) is 38.0 Å². The molecule has 1 saturated carbocycles. The zero-order valence-electron chi connectivity index (χ0n) is 17.8. The Hall–Kier alpha value is -3.28. The number of fused-ring (bicyclic) bond motifs is 1. The van der Waals surface area contributed by atoms with E-state index in [1.54, 1.807) is 10.9 Å². The van der Waals surface area contributed by atoms with E-state index in [4.69, 9.17) is 9.47 Å². The lowest BCUT2D eigenvalue weighted by molar-refractivity contribution is 0.0942. The molecule has 2 aliphatic rings. The molecule has 0 saturated heterocycles. The van der Waals surface area contributed by atoms with E-state index in [1.807, 2.05) is 43.3 Å². The molecular weight excluding hydrogens is 390 g/mol. The van der Waals surface area contributed by atoms with E-state index in [1.165, 1.54) is 5.56 Å². The molecule has 6 nitrogen and oxygen atoms in total. The van der Waals surface area contributed by atoms with Crippen LogP contribution in [0.2, 0.25) is 0 Å². The van der Waals surface area contributed by atoms with Crippen LogP contribution in [0.5, 0.6) is 11.5 Å². The van der Waals surface area contributed by atoms with Crippen molar-refractivity contribution in [2.24, 2.45) is 0 Å². The number of nitrogens with zero attached hydrogens (tertiary/aromatic N) is 2. The Bertz CT molecular complexity index is 1080. The number of hydrogen-bond acceptors (Lipinski definition) is 4. The molecule has 1 amide bonds. The molecule has 0 bridgehead atoms. The van der Waals surface area contributed by atoms with Crippen molar-refractivity contribution in [3.8, 4) is 17.2 Å². The number of amides is 1. The van der Waals surface area contributed by atoms with Gasteiger partial charge in [-0.25, -0.2) is 4.68 Å². The van der Waals surface area contributed by atoms with Crippen molar-refractivity contribution in [2.75, 3.05) is 19.8 Å². The fourth-order valence-electron chi connectivity index (χ4n) is 4.80. The molecule has 5 rings (SSSR count). The summed E-state index contributed by atoms with van der Waals surface area (Å²) in [5.41, 5.74) is 3.53. The Morgan fingerprint density at radius 2 is 1.81 bits per heavy atom. The highest BCUT2D eigenvalue weighted by molar-refractivity contribution is 5.95. The smallest absolute Gasteiger partial charge is 0.254 e. The average molecular weight is 418 g/mol. The summed E-state index contributed by atoms with van der Waals surface area (Å²) < 4.78 is 13.3. The third-order valence-electron chi connectivity index (χ3n) is 6.56. The average Bonchev–Trinajstić information content (AvgIpc) is 3.45. The maximum absolute atomic E-state index is 13.1. The first kappa shape index (κ1) is 19.7. The van der Waals surface area contributed by atoms with Crippen LogP contribution in [-0.2, 0) is 5.41 Å². The summed E-state index contributed by atoms with van der Waals surface area (Å²) in [6.45, 7) is 3.69. The summed E-state index contributed by atoms with van der Waals surface area (Å²) >= 11 is 0. The summed E-state index contributed by atoms with van der Waals surface area (Å²) in [5.74, 6) is 1.53. The minimum absolute atomic E-state index is 0.0746. The van der Waals surface area contributed by atoms with E-state index < -0.39 is 0 Å². The van der Waals surface area contributed by atoms with Crippen molar-refractivity contribution in [3.63, 3.8) is 0 Å². The molecule has 160 valence electrons. The lowest BCUT2D eigenvalue weighted by Gasteiger charge is -2.31. The Morgan fingerprint density at radius 3 is 2.58 bits per heavy atom. The molecule has 1 N–H and O–H groups in total. The summed E-state index contributed by atoms with van der Waals surface area (Å²) in [5, 5.41) is 7.64. The van der Waals surface area contributed by atoms with Gasteiger partial charge in [-0.15, -0.1) is 0 Å². The number of carbonyl (C=O) groups excluding carboxylic acids is 1. The molecule has 0 radical (unpaired) electrons. The lowest BCUT2D eigenvalue weighted by atomic mass is 9.78. The molecular formula is C25H27N3O3. The van der Waals surface area contributed by atoms with Gasteiger partial charge in [0, 0.05) is 12.0 Å². The lowest BCUT2D eigenvalue weighted by Crippen LogP contribution is -2.39. The standard InChI is InChI=1S/C25H27N3O3/c1-18-21(16-27-28(18)20-7-3-2-4-8-20)24(29)26-17-25(11-5-6-12-25)19-9-10-22-23(15-19)31-14-13-30-22/h2-4,7-10,15-16H,5-6,11-14,17H2,1H3,(H,26,29). The molecule has 0 atom stereocenters. The molecule has 31 heavy (non-hydrogen) atoms. The number of benzene rings is 2. The van der Waals surface area contributed by atoms with Crippen LogP contribution in [0.15, 0.2) is 54.7 Å². The van der Waals surface area contributed by atoms with Crippen LogP contribution < -0.4 is 14.8 Å². The van der Waals surface area contributed by atoms with Gasteiger partial charge in [0.2, 0.25) is 0 Å². The zero-order valence-corrected chi connectivity index (χ0v) is 17.8. The predicted octanol–water partition coefficient (Wildman–Crippen LogP) is 4.19. The minimum Gasteiger partial charge on any atom is -0.486 e. The van der Waals surface area contributed by atoms with E-state index in [0.29, 0.717) is 25.3 Å². The zero-order chi connectivity index (χ0) is 21.3. The molecule has 0 spiro atoms. The predicted molar refractivity (Wildman–Crippen MR) is 118 cm³/mol. The second-order valence-corrected chi connectivity index (χ2v) is 8.42. The Morgan fingerprint density at radius 1 is 1.06 bits per heavy atom. The van der Waals surface area contributed by atoms with Crippen LogP contribution in [0.25, 0.3) is 5.69 Å². The van der Waals surface area contributed by atoms with E-state index in [9.17, 15) is 4.79 Å². The van der Waals surface area contributed by atoms with E-state index >= 15 is 0 Å². The molecule has 1 fully saturated rings.